The number of hydrogen-bond acceptors (Lipinski definition) is 4. The second-order valence-corrected chi connectivity index (χ2v) is 7.66. The molecule has 134 valence electrons. The van der Waals surface area contributed by atoms with Crippen molar-refractivity contribution in [3.8, 4) is 0 Å². The molecular formula is C18H31N5O. The fourth-order valence-electron chi connectivity index (χ4n) is 3.91. The van der Waals surface area contributed by atoms with Gasteiger partial charge in [-0.05, 0) is 58.3 Å². The normalized spacial score (nSPS) is 26.5. The van der Waals surface area contributed by atoms with E-state index in [0.717, 1.165) is 43.4 Å². The van der Waals surface area contributed by atoms with Crippen molar-refractivity contribution < 1.29 is 4.79 Å². The lowest BCUT2D eigenvalue weighted by atomic mass is 9.87. The molecule has 1 aromatic heterocycles. The molecule has 1 fully saturated rings. The van der Waals surface area contributed by atoms with Crippen molar-refractivity contribution in [1.29, 1.82) is 0 Å². The first-order valence-electron chi connectivity index (χ1n) is 9.53. The van der Waals surface area contributed by atoms with Crippen LogP contribution in [0.3, 0.4) is 0 Å². The molecule has 6 heteroatoms. The smallest absolute Gasteiger partial charge is 0.237 e. The Morgan fingerprint density at radius 3 is 2.67 bits per heavy atom. The first kappa shape index (κ1) is 17.4. The van der Waals surface area contributed by atoms with Crippen molar-refractivity contribution in [3.63, 3.8) is 0 Å². The van der Waals surface area contributed by atoms with E-state index in [4.69, 9.17) is 0 Å². The van der Waals surface area contributed by atoms with Crippen LogP contribution in [0.1, 0.15) is 77.0 Å². The number of amides is 1. The topological polar surface area (TPSA) is 71.8 Å². The Balaban J connectivity index is 1.53. The fourth-order valence-corrected chi connectivity index (χ4v) is 3.91. The number of nitrogens with one attached hydrogen (secondary N) is 2. The highest BCUT2D eigenvalue weighted by Gasteiger charge is 2.25. The Kier molecular flexibility index (Phi) is 5.54. The van der Waals surface area contributed by atoms with Gasteiger partial charge in [0.25, 0.3) is 0 Å². The van der Waals surface area contributed by atoms with Gasteiger partial charge in [0, 0.05) is 19.0 Å². The molecule has 0 spiro atoms. The molecular weight excluding hydrogens is 302 g/mol. The van der Waals surface area contributed by atoms with E-state index in [1.165, 1.54) is 25.7 Å². The van der Waals surface area contributed by atoms with Gasteiger partial charge in [-0.25, -0.2) is 0 Å². The molecule has 0 radical (unpaired) electrons. The molecule has 1 saturated carbocycles. The van der Waals surface area contributed by atoms with E-state index in [9.17, 15) is 4.79 Å². The summed E-state index contributed by atoms with van der Waals surface area (Å²) in [6.45, 7) is 7.29. The van der Waals surface area contributed by atoms with Crippen molar-refractivity contribution in [3.05, 3.63) is 11.6 Å². The van der Waals surface area contributed by atoms with Crippen LogP contribution in [0, 0.1) is 5.92 Å². The summed E-state index contributed by atoms with van der Waals surface area (Å²) in [4.78, 5) is 12.5. The second-order valence-electron chi connectivity index (χ2n) is 7.66. The van der Waals surface area contributed by atoms with E-state index >= 15 is 0 Å². The largest absolute Gasteiger partial charge is 0.352 e. The maximum absolute atomic E-state index is 12.5. The number of carbonyl (C=O) groups is 1. The quantitative estimate of drug-likeness (QED) is 0.867. The fraction of sp³-hybridized carbons (Fsp3) is 0.833. The molecule has 2 atom stereocenters. The zero-order valence-electron chi connectivity index (χ0n) is 15.2. The third kappa shape index (κ3) is 3.97. The average Bonchev–Trinajstić information content (AvgIpc) is 3.01. The molecule has 0 bridgehead atoms. The van der Waals surface area contributed by atoms with Gasteiger partial charge in [0.1, 0.15) is 11.6 Å². The SMILES string of the molecule is CC1CCC(NC(=O)[C@H](C)N[C@@H](C)c2nnc3n2CCCC3)CC1. The molecule has 1 aliphatic heterocycles. The number of fused-ring (bicyclic) bond motifs is 1. The maximum atomic E-state index is 12.5. The van der Waals surface area contributed by atoms with Crippen molar-refractivity contribution in [1.82, 2.24) is 25.4 Å². The molecule has 2 N–H and O–H groups in total. The van der Waals surface area contributed by atoms with Crippen LogP contribution in [0.25, 0.3) is 0 Å². The predicted molar refractivity (Wildman–Crippen MR) is 93.5 cm³/mol. The van der Waals surface area contributed by atoms with Crippen LogP contribution >= 0.6 is 0 Å². The molecule has 1 aliphatic carbocycles. The minimum Gasteiger partial charge on any atom is -0.352 e. The lowest BCUT2D eigenvalue weighted by molar-refractivity contribution is -0.123. The van der Waals surface area contributed by atoms with Crippen LogP contribution < -0.4 is 10.6 Å². The van der Waals surface area contributed by atoms with E-state index in [1.807, 2.05) is 6.92 Å². The minimum atomic E-state index is -0.226. The number of aromatic nitrogens is 3. The summed E-state index contributed by atoms with van der Waals surface area (Å²) in [6, 6.07) is 0.140. The molecule has 0 aromatic carbocycles. The second kappa shape index (κ2) is 7.64. The average molecular weight is 333 g/mol. The van der Waals surface area contributed by atoms with Gasteiger partial charge in [-0.2, -0.15) is 0 Å². The highest BCUT2D eigenvalue weighted by Crippen LogP contribution is 2.23. The maximum Gasteiger partial charge on any atom is 0.237 e. The van der Waals surface area contributed by atoms with Crippen molar-refractivity contribution in [2.45, 2.75) is 90.4 Å². The van der Waals surface area contributed by atoms with Crippen LogP contribution in [-0.2, 0) is 17.8 Å². The molecule has 0 saturated heterocycles. The van der Waals surface area contributed by atoms with E-state index < -0.39 is 0 Å². The molecule has 2 heterocycles. The van der Waals surface area contributed by atoms with Crippen molar-refractivity contribution in [2.24, 2.45) is 5.92 Å². The molecule has 3 rings (SSSR count). The van der Waals surface area contributed by atoms with Gasteiger partial charge < -0.3 is 9.88 Å². The monoisotopic (exact) mass is 333 g/mol. The van der Waals surface area contributed by atoms with Crippen LogP contribution in [0.5, 0.6) is 0 Å². The summed E-state index contributed by atoms with van der Waals surface area (Å²) in [6.07, 6.45) is 8.03. The highest BCUT2D eigenvalue weighted by atomic mass is 16.2. The zero-order chi connectivity index (χ0) is 17.1. The first-order chi connectivity index (χ1) is 11.5. The molecule has 6 nitrogen and oxygen atoms in total. The molecule has 1 amide bonds. The van der Waals surface area contributed by atoms with Crippen LogP contribution in [0.15, 0.2) is 0 Å². The van der Waals surface area contributed by atoms with Crippen molar-refractivity contribution >= 4 is 5.91 Å². The number of carbonyl (C=O) groups excluding carboxylic acids is 1. The summed E-state index contributed by atoms with van der Waals surface area (Å²) in [5, 5.41) is 15.3. The standard InChI is InChI=1S/C18H31N5O/c1-12-7-9-15(10-8-12)20-18(24)14(3)19-13(2)17-22-21-16-6-4-5-11-23(16)17/h12-15,19H,4-11H2,1-3H3,(H,20,24)/t12?,13-,14-,15?/m0/s1. The third-order valence-corrected chi connectivity index (χ3v) is 5.53. The van der Waals surface area contributed by atoms with Gasteiger partial charge in [-0.15, -0.1) is 10.2 Å². The van der Waals surface area contributed by atoms with E-state index in [1.54, 1.807) is 0 Å². The summed E-state index contributed by atoms with van der Waals surface area (Å²) in [7, 11) is 0. The zero-order valence-corrected chi connectivity index (χ0v) is 15.2. The first-order valence-corrected chi connectivity index (χ1v) is 9.53. The summed E-state index contributed by atoms with van der Waals surface area (Å²) >= 11 is 0. The van der Waals surface area contributed by atoms with E-state index in [2.05, 4.69) is 39.2 Å². The van der Waals surface area contributed by atoms with Gasteiger partial charge >= 0.3 is 0 Å². The van der Waals surface area contributed by atoms with E-state index in [-0.39, 0.29) is 18.0 Å². The molecule has 2 aliphatic rings. The van der Waals surface area contributed by atoms with E-state index in [0.29, 0.717) is 6.04 Å². The lowest BCUT2D eigenvalue weighted by Crippen LogP contribution is -2.48. The van der Waals surface area contributed by atoms with Gasteiger partial charge in [0.05, 0.1) is 12.1 Å². The van der Waals surface area contributed by atoms with Crippen LogP contribution in [-0.4, -0.2) is 32.8 Å². The molecule has 0 unspecified atom stereocenters. The Labute approximate surface area is 144 Å². The van der Waals surface area contributed by atoms with Crippen LogP contribution in [0.4, 0.5) is 0 Å². The third-order valence-electron chi connectivity index (χ3n) is 5.53. The number of nitrogens with zero attached hydrogens (tertiary/aromatic N) is 3. The van der Waals surface area contributed by atoms with Gasteiger partial charge in [0.2, 0.25) is 5.91 Å². The predicted octanol–water partition coefficient (Wildman–Crippen LogP) is 2.35. The summed E-state index contributed by atoms with van der Waals surface area (Å²) in [5.74, 6) is 2.93. The van der Waals surface area contributed by atoms with Crippen LogP contribution in [0.2, 0.25) is 0 Å². The Bertz CT molecular complexity index is 562. The Morgan fingerprint density at radius 2 is 1.92 bits per heavy atom. The molecule has 24 heavy (non-hydrogen) atoms. The van der Waals surface area contributed by atoms with Gasteiger partial charge in [-0.1, -0.05) is 6.92 Å². The Morgan fingerprint density at radius 1 is 1.17 bits per heavy atom. The number of rotatable bonds is 5. The van der Waals surface area contributed by atoms with Gasteiger partial charge in [-0.3, -0.25) is 10.1 Å². The lowest BCUT2D eigenvalue weighted by Gasteiger charge is -2.28. The summed E-state index contributed by atoms with van der Waals surface area (Å²) < 4.78 is 2.22. The van der Waals surface area contributed by atoms with Crippen molar-refractivity contribution in [2.75, 3.05) is 0 Å². The summed E-state index contributed by atoms with van der Waals surface area (Å²) in [5.41, 5.74) is 0. The molecule has 1 aromatic rings. The van der Waals surface area contributed by atoms with Gasteiger partial charge in [0.15, 0.2) is 0 Å². The number of aryl methyl sites for hydroxylation is 1. The minimum absolute atomic E-state index is 0.0245. The number of hydrogen-bond donors (Lipinski definition) is 2. The Hall–Kier alpha value is -1.43. The highest BCUT2D eigenvalue weighted by molar-refractivity contribution is 5.81.